The second kappa shape index (κ2) is 3.43. The Kier molecular flexibility index (Phi) is 2.24. The van der Waals surface area contributed by atoms with Gasteiger partial charge in [-0.05, 0) is 49.4 Å². The highest BCUT2D eigenvalue weighted by atomic mass is 35.5. The summed E-state index contributed by atoms with van der Waals surface area (Å²) >= 11 is 26.9. The van der Waals surface area contributed by atoms with Crippen molar-refractivity contribution < 1.29 is 4.74 Å². The highest BCUT2D eigenvalue weighted by Gasteiger charge is 2.75. The first-order valence-corrected chi connectivity index (χ1v) is 8.59. The Hall–Kier alpha value is 0.860. The summed E-state index contributed by atoms with van der Waals surface area (Å²) in [6.07, 6.45) is 4.92. The van der Waals surface area contributed by atoms with E-state index in [-0.39, 0.29) is 0 Å². The smallest absolute Gasteiger partial charge is 0.0876 e. The molecule has 0 radical (unpaired) electrons. The van der Waals surface area contributed by atoms with Crippen molar-refractivity contribution in [3.05, 3.63) is 10.1 Å². The maximum absolute atomic E-state index is 6.97. The Labute approximate surface area is 132 Å². The van der Waals surface area contributed by atoms with Gasteiger partial charge in [0, 0.05) is 0 Å². The van der Waals surface area contributed by atoms with Gasteiger partial charge in [-0.1, -0.05) is 23.2 Å². The second-order valence-corrected chi connectivity index (χ2v) is 8.98. The molecule has 0 aromatic heterocycles. The van der Waals surface area contributed by atoms with Gasteiger partial charge in [0.05, 0.1) is 32.0 Å². The lowest BCUT2D eigenvalue weighted by atomic mass is 9.46. The summed E-state index contributed by atoms with van der Waals surface area (Å²) in [5.41, 5.74) is 0. The summed E-state index contributed by atoms with van der Waals surface area (Å²) in [5, 5.41) is 1.23. The summed E-state index contributed by atoms with van der Waals surface area (Å²) < 4.78 is 5.92. The van der Waals surface area contributed by atoms with Gasteiger partial charge in [-0.25, -0.2) is 0 Å². The second-order valence-electron chi connectivity index (χ2n) is 6.87. The zero-order valence-corrected chi connectivity index (χ0v) is 13.2. The number of allylic oxidation sites excluding steroid dienone is 2. The van der Waals surface area contributed by atoms with Crippen molar-refractivity contribution in [2.45, 2.75) is 47.6 Å². The highest BCUT2D eigenvalue weighted by Crippen LogP contribution is 2.74. The Bertz CT molecular complexity index is 476. The van der Waals surface area contributed by atoms with Crippen molar-refractivity contribution in [3.63, 3.8) is 0 Å². The summed E-state index contributed by atoms with van der Waals surface area (Å²) in [7, 11) is 0. The third-order valence-corrected chi connectivity index (χ3v) is 8.98. The molecule has 0 aromatic rings. The van der Waals surface area contributed by atoms with E-state index in [2.05, 4.69) is 0 Å². The first-order chi connectivity index (χ1) is 8.98. The van der Waals surface area contributed by atoms with E-state index in [0.717, 1.165) is 12.8 Å². The average molecular weight is 340 g/mol. The van der Waals surface area contributed by atoms with Crippen molar-refractivity contribution in [3.8, 4) is 0 Å². The summed E-state index contributed by atoms with van der Waals surface area (Å²) in [4.78, 5) is -0.972. The van der Waals surface area contributed by atoms with E-state index in [0.29, 0.717) is 45.9 Å². The molecule has 1 nitrogen and oxygen atoms in total. The van der Waals surface area contributed by atoms with Crippen LogP contribution in [0.2, 0.25) is 0 Å². The van der Waals surface area contributed by atoms with Gasteiger partial charge in [0.25, 0.3) is 0 Å². The van der Waals surface area contributed by atoms with Crippen molar-refractivity contribution in [2.75, 3.05) is 0 Å². The molecule has 5 fully saturated rings. The fourth-order valence-corrected chi connectivity index (χ4v) is 7.51. The summed E-state index contributed by atoms with van der Waals surface area (Å²) in [5.74, 6) is 1.74. The summed E-state index contributed by atoms with van der Waals surface area (Å²) in [6.45, 7) is 0. The zero-order valence-electron chi connectivity index (χ0n) is 10.2. The number of hydrogen-bond acceptors (Lipinski definition) is 1. The van der Waals surface area contributed by atoms with Crippen LogP contribution < -0.4 is 0 Å². The molecule has 104 valence electrons. The number of hydrogen-bond donors (Lipinski definition) is 0. The van der Waals surface area contributed by atoms with Crippen LogP contribution >= 0.6 is 46.4 Å². The summed E-state index contributed by atoms with van der Waals surface area (Å²) in [6, 6.07) is 0. The molecule has 7 aliphatic rings. The maximum atomic E-state index is 6.97. The van der Waals surface area contributed by atoms with Crippen LogP contribution in [0.15, 0.2) is 10.1 Å². The van der Waals surface area contributed by atoms with E-state index >= 15 is 0 Å². The molecule has 5 heteroatoms. The van der Waals surface area contributed by atoms with E-state index in [1.807, 2.05) is 0 Å². The molecule has 4 bridgehead atoms. The third-order valence-electron chi connectivity index (χ3n) is 6.38. The third kappa shape index (κ3) is 1.20. The minimum absolute atomic E-state index is 0.345. The van der Waals surface area contributed by atoms with Crippen molar-refractivity contribution in [2.24, 2.45) is 23.7 Å². The van der Waals surface area contributed by atoms with E-state index in [1.54, 1.807) is 0 Å². The number of halogens is 4. The topological polar surface area (TPSA) is 12.5 Å². The Morgan fingerprint density at radius 2 is 1.26 bits per heavy atom. The number of ether oxygens (including phenoxy) is 1. The molecule has 1 saturated heterocycles. The zero-order chi connectivity index (χ0) is 13.2. The van der Waals surface area contributed by atoms with Crippen LogP contribution in [0.5, 0.6) is 0 Å². The molecule has 19 heavy (non-hydrogen) atoms. The molecule has 2 unspecified atom stereocenters. The van der Waals surface area contributed by atoms with Gasteiger partial charge < -0.3 is 4.74 Å². The average Bonchev–Trinajstić information content (AvgIpc) is 3.21. The standard InChI is InChI=1S/C14H14Cl4O/c15-11-12(16)14(18)4-3-13(11,17)7-5-1-2-6(8(7)14)10-9(5)19-10/h5-10H,1-4H2/t5-,6+,7-,8+,9?,10?,13-,14+. The highest BCUT2D eigenvalue weighted by molar-refractivity contribution is 6.49. The van der Waals surface area contributed by atoms with Crippen LogP contribution in [-0.4, -0.2) is 22.0 Å². The number of rotatable bonds is 0. The minimum Gasteiger partial charge on any atom is -0.369 e. The predicted octanol–water partition coefficient (Wildman–Crippen LogP) is 4.48. The molecule has 4 saturated carbocycles. The van der Waals surface area contributed by atoms with Crippen molar-refractivity contribution in [1.29, 1.82) is 0 Å². The van der Waals surface area contributed by atoms with Gasteiger partial charge in [-0.2, -0.15) is 0 Å². The first-order valence-electron chi connectivity index (χ1n) is 7.08. The van der Waals surface area contributed by atoms with Gasteiger partial charge >= 0.3 is 0 Å². The van der Waals surface area contributed by atoms with Crippen LogP contribution in [0.4, 0.5) is 0 Å². The SMILES string of the molecule is ClC1=C(Cl)[C@@]2(Cl)CC[C@]1(Cl)[C@@H]1[C@H]2[C@H]2CC[C@@H]1C1OC12. The van der Waals surface area contributed by atoms with Gasteiger partial charge in [0.2, 0.25) is 0 Å². The Morgan fingerprint density at radius 1 is 0.842 bits per heavy atom. The minimum atomic E-state index is -0.486. The molecular weight excluding hydrogens is 326 g/mol. The normalized spacial score (nSPS) is 65.1. The number of alkyl halides is 2. The van der Waals surface area contributed by atoms with E-state index in [1.165, 1.54) is 12.8 Å². The van der Waals surface area contributed by atoms with E-state index < -0.39 is 9.75 Å². The molecule has 0 N–H and O–H groups in total. The fourth-order valence-electron chi connectivity index (χ4n) is 5.66. The molecule has 0 amide bonds. The lowest BCUT2D eigenvalue weighted by Gasteiger charge is -2.64. The largest absolute Gasteiger partial charge is 0.369 e. The monoisotopic (exact) mass is 338 g/mol. The van der Waals surface area contributed by atoms with Crippen LogP contribution in [-0.2, 0) is 4.74 Å². The van der Waals surface area contributed by atoms with E-state index in [9.17, 15) is 0 Å². The molecule has 0 spiro atoms. The molecule has 1 heterocycles. The molecule has 7 rings (SSSR count). The quantitative estimate of drug-likeness (QED) is 0.468. The lowest BCUT2D eigenvalue weighted by molar-refractivity contribution is -0.0217. The van der Waals surface area contributed by atoms with E-state index in [4.69, 9.17) is 51.1 Å². The fraction of sp³-hybridized carbons (Fsp3) is 0.857. The van der Waals surface area contributed by atoms with Crippen LogP contribution in [0, 0.1) is 23.7 Å². The Balaban J connectivity index is 1.75. The van der Waals surface area contributed by atoms with Crippen molar-refractivity contribution in [1.82, 2.24) is 0 Å². The van der Waals surface area contributed by atoms with Gasteiger partial charge in [-0.15, -0.1) is 23.2 Å². The number of fused-ring (bicyclic) bond motifs is 2. The lowest BCUT2D eigenvalue weighted by Crippen LogP contribution is -2.66. The van der Waals surface area contributed by atoms with Crippen LogP contribution in [0.1, 0.15) is 25.7 Å². The molecule has 6 aliphatic carbocycles. The predicted molar refractivity (Wildman–Crippen MR) is 77.0 cm³/mol. The molecule has 0 aromatic carbocycles. The number of epoxide rings is 1. The van der Waals surface area contributed by atoms with Crippen LogP contribution in [0.3, 0.4) is 0 Å². The van der Waals surface area contributed by atoms with Crippen molar-refractivity contribution >= 4 is 46.4 Å². The van der Waals surface area contributed by atoms with Crippen LogP contribution in [0.25, 0.3) is 0 Å². The van der Waals surface area contributed by atoms with Gasteiger partial charge in [-0.3, -0.25) is 0 Å². The molecular formula is C14H14Cl4O. The van der Waals surface area contributed by atoms with Gasteiger partial charge in [0.15, 0.2) is 0 Å². The Morgan fingerprint density at radius 3 is 1.68 bits per heavy atom. The van der Waals surface area contributed by atoms with Gasteiger partial charge in [0.1, 0.15) is 0 Å². The molecule has 1 aliphatic heterocycles. The molecule has 8 atom stereocenters. The maximum Gasteiger partial charge on any atom is 0.0876 e. The first kappa shape index (κ1) is 12.4.